The van der Waals surface area contributed by atoms with E-state index in [0.717, 1.165) is 19.5 Å². The Labute approximate surface area is 98.3 Å². The minimum atomic E-state index is -0.402. The van der Waals surface area contributed by atoms with Crippen LogP contribution >= 0.6 is 0 Å². The van der Waals surface area contributed by atoms with Gasteiger partial charge in [-0.15, -0.1) is 0 Å². The molecule has 0 aromatic heterocycles. The molecule has 1 N–H and O–H groups in total. The van der Waals surface area contributed by atoms with E-state index in [9.17, 15) is 4.79 Å². The Morgan fingerprint density at radius 3 is 2.56 bits per heavy atom. The van der Waals surface area contributed by atoms with E-state index in [2.05, 4.69) is 19.2 Å². The minimum Gasteiger partial charge on any atom is -0.444 e. The number of rotatable bonds is 2. The third-order valence-electron chi connectivity index (χ3n) is 2.41. The number of hydrogen-bond donors (Lipinski definition) is 1. The average Bonchev–Trinajstić information content (AvgIpc) is 2.48. The third kappa shape index (κ3) is 4.39. The molecule has 1 fully saturated rings. The van der Waals surface area contributed by atoms with Crippen molar-refractivity contribution in [3.63, 3.8) is 0 Å². The normalized spacial score (nSPS) is 21.6. The second-order valence-electron chi connectivity index (χ2n) is 5.73. The van der Waals surface area contributed by atoms with Crippen LogP contribution in [0.4, 0.5) is 4.79 Å². The fraction of sp³-hybridized carbons (Fsp3) is 0.917. The number of ether oxygens (including phenoxy) is 1. The van der Waals surface area contributed by atoms with Gasteiger partial charge >= 0.3 is 6.09 Å². The van der Waals surface area contributed by atoms with Gasteiger partial charge in [-0.05, 0) is 27.2 Å². The summed E-state index contributed by atoms with van der Waals surface area (Å²) in [5.41, 5.74) is -0.402. The van der Waals surface area contributed by atoms with E-state index in [4.69, 9.17) is 4.74 Å². The van der Waals surface area contributed by atoms with Crippen LogP contribution in [-0.2, 0) is 4.74 Å². The van der Waals surface area contributed by atoms with Gasteiger partial charge in [-0.1, -0.05) is 13.8 Å². The van der Waals surface area contributed by atoms with E-state index in [1.54, 1.807) is 4.90 Å². The molecule has 1 atom stereocenters. The Hall–Kier alpha value is -0.770. The molecule has 0 bridgehead atoms. The van der Waals surface area contributed by atoms with Gasteiger partial charge in [0, 0.05) is 25.2 Å². The first-order valence-electron chi connectivity index (χ1n) is 6.02. The SMILES string of the molecule is CC(C)NC1CCN(C(=O)OC(C)(C)C)C1. The maximum Gasteiger partial charge on any atom is 0.410 e. The number of carbonyl (C=O) groups is 1. The van der Waals surface area contributed by atoms with Crippen LogP contribution in [0.25, 0.3) is 0 Å². The molecular weight excluding hydrogens is 204 g/mol. The van der Waals surface area contributed by atoms with Crippen LogP contribution in [0.2, 0.25) is 0 Å². The van der Waals surface area contributed by atoms with Crippen molar-refractivity contribution < 1.29 is 9.53 Å². The molecule has 0 aliphatic carbocycles. The number of nitrogens with zero attached hydrogens (tertiary/aromatic N) is 1. The van der Waals surface area contributed by atoms with Crippen molar-refractivity contribution in [2.75, 3.05) is 13.1 Å². The Kier molecular flexibility index (Phi) is 4.19. The van der Waals surface area contributed by atoms with Crippen LogP contribution in [0.3, 0.4) is 0 Å². The first kappa shape index (κ1) is 13.3. The summed E-state index contributed by atoms with van der Waals surface area (Å²) in [5.74, 6) is 0. The van der Waals surface area contributed by atoms with Crippen molar-refractivity contribution in [1.29, 1.82) is 0 Å². The summed E-state index contributed by atoms with van der Waals surface area (Å²) in [4.78, 5) is 13.6. The van der Waals surface area contributed by atoms with Gasteiger partial charge in [0.1, 0.15) is 5.60 Å². The van der Waals surface area contributed by atoms with E-state index >= 15 is 0 Å². The van der Waals surface area contributed by atoms with Crippen molar-refractivity contribution in [1.82, 2.24) is 10.2 Å². The molecule has 1 heterocycles. The predicted molar refractivity (Wildman–Crippen MR) is 64.5 cm³/mol. The Morgan fingerprint density at radius 1 is 1.44 bits per heavy atom. The molecule has 4 heteroatoms. The summed E-state index contributed by atoms with van der Waals surface area (Å²) in [7, 11) is 0. The van der Waals surface area contributed by atoms with Crippen molar-refractivity contribution in [3.8, 4) is 0 Å². The lowest BCUT2D eigenvalue weighted by molar-refractivity contribution is 0.0290. The number of likely N-dealkylation sites (tertiary alicyclic amines) is 1. The van der Waals surface area contributed by atoms with Gasteiger partial charge in [-0.2, -0.15) is 0 Å². The Morgan fingerprint density at radius 2 is 2.06 bits per heavy atom. The van der Waals surface area contributed by atoms with Gasteiger partial charge in [0.2, 0.25) is 0 Å². The fourth-order valence-corrected chi connectivity index (χ4v) is 1.86. The second-order valence-corrected chi connectivity index (χ2v) is 5.73. The van der Waals surface area contributed by atoms with Crippen LogP contribution in [-0.4, -0.2) is 41.8 Å². The zero-order chi connectivity index (χ0) is 12.3. The zero-order valence-electron chi connectivity index (χ0n) is 11.0. The zero-order valence-corrected chi connectivity index (χ0v) is 11.0. The van der Waals surface area contributed by atoms with Crippen molar-refractivity contribution in [2.24, 2.45) is 0 Å². The number of amides is 1. The van der Waals surface area contributed by atoms with Gasteiger partial charge in [-0.25, -0.2) is 4.79 Å². The largest absolute Gasteiger partial charge is 0.444 e. The number of hydrogen-bond acceptors (Lipinski definition) is 3. The first-order chi connectivity index (χ1) is 7.28. The Bertz CT molecular complexity index is 246. The van der Waals surface area contributed by atoms with E-state index in [-0.39, 0.29) is 6.09 Å². The molecule has 16 heavy (non-hydrogen) atoms. The van der Waals surface area contributed by atoms with Gasteiger partial charge in [-0.3, -0.25) is 0 Å². The van der Waals surface area contributed by atoms with Crippen LogP contribution in [0, 0.1) is 0 Å². The third-order valence-corrected chi connectivity index (χ3v) is 2.41. The molecule has 1 unspecified atom stereocenters. The van der Waals surface area contributed by atoms with Crippen LogP contribution in [0.1, 0.15) is 41.0 Å². The van der Waals surface area contributed by atoms with Gasteiger partial charge in [0.05, 0.1) is 0 Å². The Balaban J connectivity index is 2.38. The summed E-state index contributed by atoms with van der Waals surface area (Å²) in [5, 5.41) is 3.44. The maximum atomic E-state index is 11.8. The summed E-state index contributed by atoms with van der Waals surface area (Å²) < 4.78 is 5.33. The standard InChI is InChI=1S/C12H24N2O2/c1-9(2)13-10-6-7-14(8-10)11(15)16-12(3,4)5/h9-10,13H,6-8H2,1-5H3. The molecule has 1 saturated heterocycles. The molecule has 0 saturated carbocycles. The van der Waals surface area contributed by atoms with E-state index in [1.807, 2.05) is 20.8 Å². The van der Waals surface area contributed by atoms with Gasteiger partial charge in [0.25, 0.3) is 0 Å². The predicted octanol–water partition coefficient (Wildman–Crippen LogP) is 1.99. The van der Waals surface area contributed by atoms with Crippen LogP contribution < -0.4 is 5.32 Å². The molecule has 1 aliphatic heterocycles. The highest BCUT2D eigenvalue weighted by molar-refractivity contribution is 5.68. The highest BCUT2D eigenvalue weighted by Gasteiger charge is 2.29. The molecule has 0 aromatic carbocycles. The van der Waals surface area contributed by atoms with E-state index in [1.165, 1.54) is 0 Å². The molecular formula is C12H24N2O2. The number of carbonyl (C=O) groups excluding carboxylic acids is 1. The van der Waals surface area contributed by atoms with Crippen molar-refractivity contribution in [3.05, 3.63) is 0 Å². The summed E-state index contributed by atoms with van der Waals surface area (Å²) in [6.45, 7) is 11.5. The lowest BCUT2D eigenvalue weighted by Crippen LogP contribution is -2.40. The van der Waals surface area contributed by atoms with E-state index in [0.29, 0.717) is 12.1 Å². The van der Waals surface area contributed by atoms with Crippen LogP contribution in [0.15, 0.2) is 0 Å². The van der Waals surface area contributed by atoms with E-state index < -0.39 is 5.60 Å². The average molecular weight is 228 g/mol. The molecule has 4 nitrogen and oxygen atoms in total. The topological polar surface area (TPSA) is 41.6 Å². The van der Waals surface area contributed by atoms with Crippen molar-refractivity contribution >= 4 is 6.09 Å². The highest BCUT2D eigenvalue weighted by Crippen LogP contribution is 2.15. The summed E-state index contributed by atoms with van der Waals surface area (Å²) in [6, 6.07) is 0.871. The molecule has 1 amide bonds. The van der Waals surface area contributed by atoms with Crippen LogP contribution in [0.5, 0.6) is 0 Å². The molecule has 1 aliphatic rings. The van der Waals surface area contributed by atoms with Gasteiger partial charge in [0.15, 0.2) is 0 Å². The fourth-order valence-electron chi connectivity index (χ4n) is 1.86. The monoisotopic (exact) mass is 228 g/mol. The maximum absolute atomic E-state index is 11.8. The summed E-state index contributed by atoms with van der Waals surface area (Å²) >= 11 is 0. The lowest BCUT2D eigenvalue weighted by Gasteiger charge is -2.24. The minimum absolute atomic E-state index is 0.194. The first-order valence-corrected chi connectivity index (χ1v) is 6.02. The lowest BCUT2D eigenvalue weighted by atomic mass is 10.2. The highest BCUT2D eigenvalue weighted by atomic mass is 16.6. The molecule has 0 radical (unpaired) electrons. The molecule has 0 aromatic rings. The second kappa shape index (κ2) is 5.04. The molecule has 1 rings (SSSR count). The smallest absolute Gasteiger partial charge is 0.410 e. The number of nitrogens with one attached hydrogen (secondary N) is 1. The summed E-state index contributed by atoms with van der Waals surface area (Å²) in [6.07, 6.45) is 0.817. The quantitative estimate of drug-likeness (QED) is 0.786. The van der Waals surface area contributed by atoms with Gasteiger partial charge < -0.3 is 15.0 Å². The van der Waals surface area contributed by atoms with Crippen molar-refractivity contribution in [2.45, 2.75) is 58.7 Å². The molecule has 0 spiro atoms. The molecule has 94 valence electrons.